The van der Waals surface area contributed by atoms with Gasteiger partial charge in [0.25, 0.3) is 0 Å². The Hall–Kier alpha value is -5.02. The third kappa shape index (κ3) is 7.74. The van der Waals surface area contributed by atoms with E-state index in [0.717, 1.165) is 18.1 Å². The number of carbonyl (C=O) groups excluding carboxylic acids is 10. The molecule has 4 unspecified atom stereocenters. The van der Waals surface area contributed by atoms with E-state index in [1.807, 2.05) is 13.8 Å². The molecule has 0 heterocycles. The molecule has 8 aliphatic rings. The van der Waals surface area contributed by atoms with Crippen LogP contribution in [0.15, 0.2) is 23.3 Å². The van der Waals surface area contributed by atoms with Crippen LogP contribution < -0.4 is 0 Å². The van der Waals surface area contributed by atoms with Crippen LogP contribution in [0.1, 0.15) is 151 Å². The van der Waals surface area contributed by atoms with Crippen molar-refractivity contribution in [2.24, 2.45) is 56.7 Å². The third-order valence-corrected chi connectivity index (χ3v) is 19.3. The second-order valence-corrected chi connectivity index (χ2v) is 22.3. The van der Waals surface area contributed by atoms with Gasteiger partial charge in [0.15, 0.2) is 36.0 Å². The Balaban J connectivity index is 1.08. The maximum absolute atomic E-state index is 15.1. The lowest BCUT2D eigenvalue weighted by atomic mass is 9.39. The Morgan fingerprint density at radius 3 is 1.77 bits per heavy atom. The van der Waals surface area contributed by atoms with Gasteiger partial charge < -0.3 is 28.4 Å². The zero-order chi connectivity index (χ0) is 50.1. The molecule has 0 aromatic rings. The quantitative estimate of drug-likeness (QED) is 0.128. The first-order chi connectivity index (χ1) is 32.5. The second-order valence-electron chi connectivity index (χ2n) is 22.3. The Morgan fingerprint density at radius 2 is 1.16 bits per heavy atom. The Morgan fingerprint density at radius 1 is 0.609 bits per heavy atom. The van der Waals surface area contributed by atoms with E-state index in [4.69, 9.17) is 28.4 Å². The fourth-order valence-corrected chi connectivity index (χ4v) is 16.5. The van der Waals surface area contributed by atoms with E-state index in [9.17, 15) is 43.2 Å². The predicted octanol–water partition coefficient (Wildman–Crippen LogP) is 7.63. The molecule has 16 nitrogen and oxygen atoms in total. The molecule has 6 saturated carbocycles. The minimum Gasteiger partial charge on any atom is -0.458 e. The predicted molar refractivity (Wildman–Crippen MR) is 242 cm³/mol. The van der Waals surface area contributed by atoms with Crippen LogP contribution in [0.2, 0.25) is 0 Å². The first kappa shape index (κ1) is 50.4. The van der Waals surface area contributed by atoms with Crippen molar-refractivity contribution in [3.63, 3.8) is 0 Å². The van der Waals surface area contributed by atoms with Crippen molar-refractivity contribution in [2.75, 3.05) is 26.4 Å². The maximum atomic E-state index is 15.1. The lowest BCUT2D eigenvalue weighted by molar-refractivity contribution is -0.192. The summed E-state index contributed by atoms with van der Waals surface area (Å²) >= 11 is 0. The number of allylic oxidation sites excluding steroid dienone is 2. The molecule has 0 amide bonds. The zero-order valence-electron chi connectivity index (χ0n) is 41.2. The number of hydrogen-bond donors (Lipinski definition) is 0. The molecule has 69 heavy (non-hydrogen) atoms. The van der Waals surface area contributed by atoms with E-state index in [0.29, 0.717) is 57.8 Å². The molecule has 0 radical (unpaired) electrons. The SMILES string of the molecule is CCOC(=O)O[C@]1(C(=O)COC(=O)CCC23CCC4=CC(=O)CC[C@]4(C)[C@H]2C(=O)C[C@@]2(C)[C@H]3CC[C@]2(OC(=O)OCC)C(=O)COC(C)=O)CCC2C3CCC4=CC(=O)CC[C@]4(C)C3C(=O)C[C@@]21C. The average molecular weight is 961 g/mol. The number of carbonyl (C=O) groups is 10. The van der Waals surface area contributed by atoms with Crippen LogP contribution in [0.4, 0.5) is 9.59 Å². The van der Waals surface area contributed by atoms with E-state index in [-0.39, 0.29) is 99.0 Å². The summed E-state index contributed by atoms with van der Waals surface area (Å²) in [5.41, 5.74) is -6.65. The van der Waals surface area contributed by atoms with E-state index in [1.54, 1.807) is 32.9 Å². The van der Waals surface area contributed by atoms with Gasteiger partial charge in [-0.1, -0.05) is 38.8 Å². The summed E-state index contributed by atoms with van der Waals surface area (Å²) in [7, 11) is 0. The first-order valence-electron chi connectivity index (χ1n) is 25.1. The summed E-state index contributed by atoms with van der Waals surface area (Å²) in [6, 6.07) is 0. The van der Waals surface area contributed by atoms with Crippen molar-refractivity contribution in [1.29, 1.82) is 0 Å². The van der Waals surface area contributed by atoms with Crippen molar-refractivity contribution in [1.82, 2.24) is 0 Å². The average Bonchev–Trinajstić information content (AvgIpc) is 3.74. The van der Waals surface area contributed by atoms with Crippen molar-refractivity contribution < 1.29 is 76.4 Å². The van der Waals surface area contributed by atoms with Gasteiger partial charge in [-0.3, -0.25) is 38.4 Å². The van der Waals surface area contributed by atoms with E-state index < -0.39 is 99.1 Å². The van der Waals surface area contributed by atoms with Gasteiger partial charge in [0, 0.05) is 61.7 Å². The summed E-state index contributed by atoms with van der Waals surface area (Å²) < 4.78 is 33.5. The number of esters is 2. The molecule has 0 spiro atoms. The highest BCUT2D eigenvalue weighted by Gasteiger charge is 2.76. The molecule has 8 aliphatic carbocycles. The van der Waals surface area contributed by atoms with E-state index in [1.165, 1.54) is 0 Å². The van der Waals surface area contributed by atoms with Gasteiger partial charge in [-0.2, -0.15) is 0 Å². The molecule has 0 aromatic carbocycles. The van der Waals surface area contributed by atoms with Crippen LogP contribution in [0, 0.1) is 56.7 Å². The molecule has 0 bridgehead atoms. The van der Waals surface area contributed by atoms with Gasteiger partial charge in [0.05, 0.1) is 13.2 Å². The summed E-state index contributed by atoms with van der Waals surface area (Å²) in [4.78, 5) is 137. The lowest BCUT2D eigenvalue weighted by Crippen LogP contribution is -2.66. The molecule has 0 saturated heterocycles. The highest BCUT2D eigenvalue weighted by Crippen LogP contribution is 2.74. The maximum Gasteiger partial charge on any atom is 0.509 e. The summed E-state index contributed by atoms with van der Waals surface area (Å²) in [5, 5.41) is 0. The highest BCUT2D eigenvalue weighted by atomic mass is 16.7. The summed E-state index contributed by atoms with van der Waals surface area (Å²) in [5.74, 6) is -4.94. The van der Waals surface area contributed by atoms with Gasteiger partial charge in [0.1, 0.15) is 11.6 Å². The minimum absolute atomic E-state index is 0.00509. The van der Waals surface area contributed by atoms with Gasteiger partial charge in [0.2, 0.25) is 11.6 Å². The molecule has 376 valence electrons. The van der Waals surface area contributed by atoms with Crippen molar-refractivity contribution in [2.45, 2.75) is 162 Å². The molecule has 16 heteroatoms. The van der Waals surface area contributed by atoms with Crippen molar-refractivity contribution in [3.05, 3.63) is 23.3 Å². The topological polar surface area (TPSA) is 226 Å². The molecule has 0 aliphatic heterocycles. The van der Waals surface area contributed by atoms with E-state index in [2.05, 4.69) is 6.92 Å². The molecule has 8 rings (SSSR count). The first-order valence-corrected chi connectivity index (χ1v) is 25.1. The van der Waals surface area contributed by atoms with Crippen LogP contribution in [0.25, 0.3) is 0 Å². The Bertz CT molecular complexity index is 2330. The molecular weight excluding hydrogens is 893 g/mol. The molecular formula is C53H68O16. The Kier molecular flexibility index (Phi) is 13.1. The van der Waals surface area contributed by atoms with Crippen LogP contribution in [-0.2, 0) is 66.8 Å². The van der Waals surface area contributed by atoms with E-state index >= 15 is 4.79 Å². The van der Waals surface area contributed by atoms with Gasteiger partial charge in [-0.05, 0) is 131 Å². The van der Waals surface area contributed by atoms with Crippen LogP contribution >= 0.6 is 0 Å². The normalized spacial score (nSPS) is 39.7. The number of rotatable bonds is 13. The van der Waals surface area contributed by atoms with Crippen LogP contribution in [0.5, 0.6) is 0 Å². The Labute approximate surface area is 403 Å². The number of ether oxygens (including phenoxy) is 6. The van der Waals surface area contributed by atoms with Gasteiger partial charge >= 0.3 is 24.2 Å². The molecule has 0 N–H and O–H groups in total. The summed E-state index contributed by atoms with van der Waals surface area (Å²) in [6.45, 7) is 10.4. The minimum atomic E-state index is -1.92. The number of hydrogen-bond acceptors (Lipinski definition) is 16. The van der Waals surface area contributed by atoms with Crippen LogP contribution in [-0.4, -0.2) is 96.6 Å². The molecule has 6 fully saturated rings. The lowest BCUT2D eigenvalue weighted by Gasteiger charge is -2.64. The molecule has 12 atom stereocenters. The second kappa shape index (κ2) is 18.0. The van der Waals surface area contributed by atoms with Crippen LogP contribution in [0.3, 0.4) is 0 Å². The third-order valence-electron chi connectivity index (χ3n) is 19.3. The monoisotopic (exact) mass is 960 g/mol. The number of ketones is 6. The highest BCUT2D eigenvalue weighted by molar-refractivity contribution is 5.98. The number of fused-ring (bicyclic) bond motifs is 10. The fraction of sp³-hybridized carbons (Fsp3) is 0.736. The fourth-order valence-electron chi connectivity index (χ4n) is 16.5. The van der Waals surface area contributed by atoms with Crippen molar-refractivity contribution >= 4 is 58.9 Å². The van der Waals surface area contributed by atoms with Gasteiger partial charge in [-0.15, -0.1) is 0 Å². The van der Waals surface area contributed by atoms with Crippen molar-refractivity contribution in [3.8, 4) is 0 Å². The smallest absolute Gasteiger partial charge is 0.458 e. The summed E-state index contributed by atoms with van der Waals surface area (Å²) in [6.07, 6.45) is 5.27. The largest absolute Gasteiger partial charge is 0.509 e. The number of Topliss-reactive ketones (excluding diaryl/α,β-unsaturated/α-hetero) is 4. The standard InChI is InChI=1S/C53H68O16/c1-8-64-45(62)68-52(22-15-36-35-11-10-31-24-33(55)13-18-47(31,4)43(35)37(57)26-49(36,52)6)41(60)29-67-42(61)17-21-51-20-12-32-25-34(56)14-19-48(32,5)44(51)38(58)27-50(7)39(51)16-23-53(50,69-46(63)65-9-2)40(59)28-66-30(3)54/h24-25,35-36,39,43-44H,8-23,26-29H2,1-7H3/t35?,36?,39-,43?,44-,47+,48+,49+,50+,51?,52+,53+/m1/s1. The molecule has 0 aromatic heterocycles. The van der Waals surface area contributed by atoms with Gasteiger partial charge in [-0.25, -0.2) is 9.59 Å². The zero-order valence-corrected chi connectivity index (χ0v) is 41.2.